The van der Waals surface area contributed by atoms with E-state index < -0.39 is 0 Å². The summed E-state index contributed by atoms with van der Waals surface area (Å²) >= 11 is 0. The molecule has 1 amide bonds. The molecule has 0 spiro atoms. The summed E-state index contributed by atoms with van der Waals surface area (Å²) in [6, 6.07) is 0. The molecular formula is C9H18N2O2. The molecule has 0 aromatic rings. The van der Waals surface area contributed by atoms with Crippen LogP contribution in [-0.4, -0.2) is 48.2 Å². The van der Waals surface area contributed by atoms with E-state index in [0.29, 0.717) is 13.0 Å². The maximum absolute atomic E-state index is 11.2. The molecule has 4 nitrogen and oxygen atoms in total. The lowest BCUT2D eigenvalue weighted by Gasteiger charge is -2.15. The van der Waals surface area contributed by atoms with Crippen molar-refractivity contribution in [3.8, 4) is 0 Å². The zero-order valence-corrected chi connectivity index (χ0v) is 8.12. The Hall–Kier alpha value is -0.610. The highest BCUT2D eigenvalue weighted by Crippen LogP contribution is 2.07. The second kappa shape index (κ2) is 5.19. The SMILES string of the molecule is CC(O)CNCCN1CCCC1=O. The molecule has 1 fully saturated rings. The lowest BCUT2D eigenvalue weighted by Crippen LogP contribution is -2.35. The fraction of sp³-hybridized carbons (Fsp3) is 0.889. The van der Waals surface area contributed by atoms with Crippen LogP contribution in [0.4, 0.5) is 0 Å². The minimum absolute atomic E-state index is 0.263. The van der Waals surface area contributed by atoms with Crippen molar-refractivity contribution < 1.29 is 9.90 Å². The van der Waals surface area contributed by atoms with Gasteiger partial charge in [0.1, 0.15) is 0 Å². The number of aliphatic hydroxyl groups is 1. The minimum Gasteiger partial charge on any atom is -0.392 e. The third kappa shape index (κ3) is 3.74. The van der Waals surface area contributed by atoms with Crippen molar-refractivity contribution in [2.75, 3.05) is 26.2 Å². The molecule has 13 heavy (non-hydrogen) atoms. The van der Waals surface area contributed by atoms with Gasteiger partial charge in [0.05, 0.1) is 6.10 Å². The number of amides is 1. The van der Waals surface area contributed by atoms with Crippen LogP contribution in [0.3, 0.4) is 0 Å². The standard InChI is InChI=1S/C9H18N2O2/c1-8(12)7-10-4-6-11-5-2-3-9(11)13/h8,10,12H,2-7H2,1H3. The van der Waals surface area contributed by atoms with Gasteiger partial charge in [-0.25, -0.2) is 0 Å². The Balaban J connectivity index is 2.02. The predicted octanol–water partition coefficient (Wildman–Crippen LogP) is -0.421. The number of hydrogen-bond donors (Lipinski definition) is 2. The number of carbonyl (C=O) groups is 1. The number of likely N-dealkylation sites (tertiary alicyclic amines) is 1. The summed E-state index contributed by atoms with van der Waals surface area (Å²) in [6.45, 7) is 4.79. The van der Waals surface area contributed by atoms with E-state index in [4.69, 9.17) is 5.11 Å². The van der Waals surface area contributed by atoms with Crippen LogP contribution in [0.15, 0.2) is 0 Å². The van der Waals surface area contributed by atoms with Crippen LogP contribution in [0.25, 0.3) is 0 Å². The van der Waals surface area contributed by atoms with Crippen molar-refractivity contribution in [1.29, 1.82) is 0 Å². The maximum Gasteiger partial charge on any atom is 0.222 e. The monoisotopic (exact) mass is 186 g/mol. The van der Waals surface area contributed by atoms with Crippen LogP contribution in [0, 0.1) is 0 Å². The van der Waals surface area contributed by atoms with Gasteiger partial charge in [-0.1, -0.05) is 0 Å². The molecule has 4 heteroatoms. The van der Waals surface area contributed by atoms with Crippen molar-refractivity contribution in [3.05, 3.63) is 0 Å². The Morgan fingerprint density at radius 1 is 1.69 bits per heavy atom. The first-order chi connectivity index (χ1) is 6.20. The Labute approximate surface area is 78.9 Å². The number of nitrogens with zero attached hydrogens (tertiary/aromatic N) is 1. The summed E-state index contributed by atoms with van der Waals surface area (Å²) in [6.07, 6.45) is 1.39. The lowest BCUT2D eigenvalue weighted by atomic mass is 10.4. The van der Waals surface area contributed by atoms with E-state index in [2.05, 4.69) is 5.32 Å². The third-order valence-corrected chi connectivity index (χ3v) is 2.17. The Bertz CT molecular complexity index is 171. The van der Waals surface area contributed by atoms with Crippen molar-refractivity contribution in [2.24, 2.45) is 0 Å². The molecular weight excluding hydrogens is 168 g/mol. The average molecular weight is 186 g/mol. The second-order valence-electron chi connectivity index (χ2n) is 3.54. The van der Waals surface area contributed by atoms with E-state index in [-0.39, 0.29) is 12.0 Å². The van der Waals surface area contributed by atoms with Gasteiger partial charge in [0, 0.05) is 32.6 Å². The highest BCUT2D eigenvalue weighted by Gasteiger charge is 2.18. The third-order valence-electron chi connectivity index (χ3n) is 2.17. The first-order valence-corrected chi connectivity index (χ1v) is 4.86. The first-order valence-electron chi connectivity index (χ1n) is 4.86. The van der Waals surface area contributed by atoms with Crippen LogP contribution in [0.2, 0.25) is 0 Å². The van der Waals surface area contributed by atoms with Crippen LogP contribution in [0.5, 0.6) is 0 Å². The zero-order valence-electron chi connectivity index (χ0n) is 8.12. The van der Waals surface area contributed by atoms with Crippen molar-refractivity contribution in [2.45, 2.75) is 25.9 Å². The molecule has 1 rings (SSSR count). The molecule has 0 radical (unpaired) electrons. The molecule has 1 aliphatic heterocycles. The Morgan fingerprint density at radius 2 is 2.46 bits per heavy atom. The van der Waals surface area contributed by atoms with E-state index in [1.165, 1.54) is 0 Å². The van der Waals surface area contributed by atoms with Crippen molar-refractivity contribution in [3.63, 3.8) is 0 Å². The fourth-order valence-corrected chi connectivity index (χ4v) is 1.47. The van der Waals surface area contributed by atoms with Crippen molar-refractivity contribution in [1.82, 2.24) is 10.2 Å². The Kier molecular flexibility index (Phi) is 4.18. The smallest absolute Gasteiger partial charge is 0.222 e. The molecule has 76 valence electrons. The van der Waals surface area contributed by atoms with Gasteiger partial charge in [-0.15, -0.1) is 0 Å². The summed E-state index contributed by atoms with van der Waals surface area (Å²) in [5, 5.41) is 12.0. The summed E-state index contributed by atoms with van der Waals surface area (Å²) in [4.78, 5) is 13.0. The molecule has 0 aromatic carbocycles. The highest BCUT2D eigenvalue weighted by atomic mass is 16.3. The zero-order chi connectivity index (χ0) is 9.68. The summed E-state index contributed by atoms with van der Waals surface area (Å²) in [5.41, 5.74) is 0. The molecule has 0 saturated carbocycles. The molecule has 1 unspecified atom stereocenters. The number of carbonyl (C=O) groups excluding carboxylic acids is 1. The molecule has 0 bridgehead atoms. The fourth-order valence-electron chi connectivity index (χ4n) is 1.47. The predicted molar refractivity (Wildman–Crippen MR) is 50.4 cm³/mol. The van der Waals surface area contributed by atoms with Gasteiger partial charge in [0.15, 0.2) is 0 Å². The highest BCUT2D eigenvalue weighted by molar-refractivity contribution is 5.78. The molecule has 1 saturated heterocycles. The van der Waals surface area contributed by atoms with Crippen molar-refractivity contribution >= 4 is 5.91 Å². The van der Waals surface area contributed by atoms with Gasteiger partial charge in [0.2, 0.25) is 5.91 Å². The van der Waals surface area contributed by atoms with E-state index in [9.17, 15) is 4.79 Å². The summed E-state index contributed by atoms with van der Waals surface area (Å²) in [5.74, 6) is 0.263. The van der Waals surface area contributed by atoms with Gasteiger partial charge >= 0.3 is 0 Å². The van der Waals surface area contributed by atoms with Crippen LogP contribution < -0.4 is 5.32 Å². The normalized spacial score (nSPS) is 19.5. The topological polar surface area (TPSA) is 52.6 Å². The molecule has 1 heterocycles. The van der Waals surface area contributed by atoms with Gasteiger partial charge in [-0.3, -0.25) is 4.79 Å². The van der Waals surface area contributed by atoms with E-state index in [1.54, 1.807) is 6.92 Å². The first kappa shape index (κ1) is 10.5. The van der Waals surface area contributed by atoms with Crippen LogP contribution in [0.1, 0.15) is 19.8 Å². The number of rotatable bonds is 5. The minimum atomic E-state index is -0.311. The van der Waals surface area contributed by atoms with Crippen LogP contribution in [-0.2, 0) is 4.79 Å². The molecule has 2 N–H and O–H groups in total. The lowest BCUT2D eigenvalue weighted by molar-refractivity contribution is -0.127. The van der Waals surface area contributed by atoms with Gasteiger partial charge < -0.3 is 15.3 Å². The molecule has 0 aromatic heterocycles. The van der Waals surface area contributed by atoms with E-state index in [0.717, 1.165) is 26.1 Å². The maximum atomic E-state index is 11.2. The molecule has 0 aliphatic carbocycles. The summed E-state index contributed by atoms with van der Waals surface area (Å²) in [7, 11) is 0. The number of nitrogens with one attached hydrogen (secondary N) is 1. The second-order valence-corrected chi connectivity index (χ2v) is 3.54. The molecule has 1 atom stereocenters. The Morgan fingerprint density at radius 3 is 3.00 bits per heavy atom. The molecule has 1 aliphatic rings. The quantitative estimate of drug-likeness (QED) is 0.573. The van der Waals surface area contributed by atoms with E-state index in [1.807, 2.05) is 4.90 Å². The van der Waals surface area contributed by atoms with Gasteiger partial charge in [0.25, 0.3) is 0 Å². The van der Waals surface area contributed by atoms with Gasteiger partial charge in [-0.2, -0.15) is 0 Å². The largest absolute Gasteiger partial charge is 0.392 e. The number of aliphatic hydroxyl groups excluding tert-OH is 1. The van der Waals surface area contributed by atoms with Gasteiger partial charge in [-0.05, 0) is 13.3 Å². The van der Waals surface area contributed by atoms with Crippen LogP contribution >= 0.6 is 0 Å². The summed E-state index contributed by atoms with van der Waals surface area (Å²) < 4.78 is 0. The van der Waals surface area contributed by atoms with E-state index >= 15 is 0 Å². The average Bonchev–Trinajstić information content (AvgIpc) is 2.45. The number of hydrogen-bond acceptors (Lipinski definition) is 3.